The number of benzene rings is 2. The lowest BCUT2D eigenvalue weighted by atomic mass is 9.81. The van der Waals surface area contributed by atoms with E-state index in [0.717, 1.165) is 23.0 Å². The molecular weight excluding hydrogens is 450 g/mol. The zero-order chi connectivity index (χ0) is 24.2. The maximum absolute atomic E-state index is 11.9. The Morgan fingerprint density at radius 1 is 1.03 bits per heavy atom. The summed E-state index contributed by atoms with van der Waals surface area (Å²) in [6.45, 7) is 0.822. The molecule has 0 saturated heterocycles. The molecule has 2 aromatic heterocycles. The molecular formula is C29H29N5O2. The van der Waals surface area contributed by atoms with Crippen LogP contribution in [0, 0.1) is 5.92 Å². The van der Waals surface area contributed by atoms with E-state index < -0.39 is 5.97 Å². The SMILES string of the molecule is O=C(O)c1ccc2c(C3CCCCC3)c3n(c2c1)C=C(c1nnn(CC2CC2)n1)Cc1ccccc1-3. The van der Waals surface area contributed by atoms with Gasteiger partial charge in [0.25, 0.3) is 0 Å². The molecule has 2 aromatic carbocycles. The summed E-state index contributed by atoms with van der Waals surface area (Å²) in [6, 6.07) is 14.2. The predicted molar refractivity (Wildman–Crippen MR) is 139 cm³/mol. The van der Waals surface area contributed by atoms with Gasteiger partial charge in [-0.3, -0.25) is 0 Å². The molecule has 1 N–H and O–H groups in total. The molecule has 1 aliphatic heterocycles. The smallest absolute Gasteiger partial charge is 0.335 e. The van der Waals surface area contributed by atoms with Crippen molar-refractivity contribution in [1.82, 2.24) is 24.8 Å². The molecule has 0 atom stereocenters. The summed E-state index contributed by atoms with van der Waals surface area (Å²) in [4.78, 5) is 13.6. The standard InChI is InChI=1S/C29H29N5O2/c35-29(36)21-12-13-24-25(15-21)33-17-22(28-30-32-34(31-28)16-18-10-11-18)14-20-8-4-5-9-23(20)27(33)26(24)19-6-2-1-3-7-19/h4-5,8-9,12-13,15,17-19H,1-3,6-7,10-11,14,16H2,(H,35,36). The van der Waals surface area contributed by atoms with Crippen LogP contribution >= 0.6 is 0 Å². The van der Waals surface area contributed by atoms with Gasteiger partial charge in [-0.1, -0.05) is 49.6 Å². The van der Waals surface area contributed by atoms with Gasteiger partial charge in [-0.25, -0.2) is 4.79 Å². The van der Waals surface area contributed by atoms with Gasteiger partial charge in [-0.15, -0.1) is 10.2 Å². The summed E-state index contributed by atoms with van der Waals surface area (Å²) in [5.74, 6) is 0.875. The van der Waals surface area contributed by atoms with E-state index in [-0.39, 0.29) is 0 Å². The van der Waals surface area contributed by atoms with Gasteiger partial charge in [0.2, 0.25) is 5.82 Å². The van der Waals surface area contributed by atoms with E-state index in [1.165, 1.54) is 67.3 Å². The molecule has 0 radical (unpaired) electrons. The molecule has 0 unspecified atom stereocenters. The molecule has 182 valence electrons. The Morgan fingerprint density at radius 2 is 1.86 bits per heavy atom. The number of allylic oxidation sites excluding steroid dienone is 1. The van der Waals surface area contributed by atoms with E-state index in [2.05, 4.69) is 45.3 Å². The van der Waals surface area contributed by atoms with Crippen molar-refractivity contribution >= 4 is 28.6 Å². The number of rotatable bonds is 5. The summed E-state index contributed by atoms with van der Waals surface area (Å²) in [6.07, 6.45) is 11.4. The van der Waals surface area contributed by atoms with Gasteiger partial charge < -0.3 is 9.67 Å². The van der Waals surface area contributed by atoms with Crippen LogP contribution in [0.1, 0.15) is 78.2 Å². The first kappa shape index (κ1) is 21.5. The van der Waals surface area contributed by atoms with E-state index in [9.17, 15) is 9.90 Å². The Morgan fingerprint density at radius 3 is 2.67 bits per heavy atom. The minimum atomic E-state index is -0.908. The van der Waals surface area contributed by atoms with E-state index >= 15 is 0 Å². The van der Waals surface area contributed by atoms with Crippen LogP contribution in [-0.2, 0) is 13.0 Å². The second kappa shape index (κ2) is 8.43. The first-order chi connectivity index (χ1) is 17.7. The molecule has 7 nitrogen and oxygen atoms in total. The Kier molecular flexibility index (Phi) is 5.04. The first-order valence-electron chi connectivity index (χ1n) is 13.1. The van der Waals surface area contributed by atoms with Crippen LogP contribution in [0.4, 0.5) is 0 Å². The summed E-state index contributed by atoms with van der Waals surface area (Å²) in [7, 11) is 0. The number of carboxylic acids is 1. The second-order valence-electron chi connectivity index (χ2n) is 10.6. The number of carbonyl (C=O) groups is 1. The predicted octanol–water partition coefficient (Wildman–Crippen LogP) is 6.00. The highest BCUT2D eigenvalue weighted by Gasteiger charge is 2.30. The summed E-state index contributed by atoms with van der Waals surface area (Å²) < 4.78 is 2.22. The van der Waals surface area contributed by atoms with E-state index in [1.54, 1.807) is 10.9 Å². The molecule has 7 rings (SSSR count). The van der Waals surface area contributed by atoms with Crippen LogP contribution in [0.3, 0.4) is 0 Å². The number of aromatic nitrogens is 5. The third kappa shape index (κ3) is 3.65. The normalized spacial score (nSPS) is 17.9. The zero-order valence-electron chi connectivity index (χ0n) is 20.2. The average molecular weight is 480 g/mol. The van der Waals surface area contributed by atoms with E-state index in [0.29, 0.717) is 29.6 Å². The van der Waals surface area contributed by atoms with E-state index in [1.807, 2.05) is 12.1 Å². The van der Waals surface area contributed by atoms with Crippen molar-refractivity contribution < 1.29 is 9.90 Å². The van der Waals surface area contributed by atoms with Crippen LogP contribution < -0.4 is 0 Å². The van der Waals surface area contributed by atoms with Gasteiger partial charge in [0.05, 0.1) is 23.3 Å². The largest absolute Gasteiger partial charge is 0.478 e. The molecule has 7 heteroatoms. The lowest BCUT2D eigenvalue weighted by Crippen LogP contribution is -2.06. The molecule has 2 fully saturated rings. The number of hydrogen-bond acceptors (Lipinski definition) is 4. The molecule has 3 aliphatic rings. The minimum absolute atomic E-state index is 0.305. The number of tetrazole rings is 1. The van der Waals surface area contributed by atoms with Crippen molar-refractivity contribution in [2.45, 2.75) is 63.8 Å². The van der Waals surface area contributed by atoms with Crippen LogP contribution in [0.25, 0.3) is 33.9 Å². The highest BCUT2D eigenvalue weighted by Crippen LogP contribution is 2.47. The Hall–Kier alpha value is -3.74. The Balaban J connectivity index is 1.48. The fraction of sp³-hybridized carbons (Fsp3) is 0.379. The minimum Gasteiger partial charge on any atom is -0.478 e. The number of carboxylic acid groups (broad SMARTS) is 1. The first-order valence-corrected chi connectivity index (χ1v) is 13.1. The van der Waals surface area contributed by atoms with Crippen molar-refractivity contribution in [1.29, 1.82) is 0 Å². The lowest BCUT2D eigenvalue weighted by molar-refractivity contribution is 0.0697. The zero-order valence-corrected chi connectivity index (χ0v) is 20.2. The van der Waals surface area contributed by atoms with Gasteiger partial charge in [-0.2, -0.15) is 4.80 Å². The summed E-state index contributed by atoms with van der Waals surface area (Å²) in [5.41, 5.74) is 7.23. The van der Waals surface area contributed by atoms with Crippen molar-refractivity contribution in [3.63, 3.8) is 0 Å². The third-order valence-electron chi connectivity index (χ3n) is 8.10. The van der Waals surface area contributed by atoms with Crippen LogP contribution in [0.2, 0.25) is 0 Å². The highest BCUT2D eigenvalue weighted by atomic mass is 16.4. The van der Waals surface area contributed by atoms with Gasteiger partial charge in [-0.05, 0) is 66.0 Å². The third-order valence-corrected chi connectivity index (χ3v) is 8.10. The second-order valence-corrected chi connectivity index (χ2v) is 10.6. The number of fused-ring (bicyclic) bond motifs is 5. The molecule has 2 aliphatic carbocycles. The molecule has 3 heterocycles. The van der Waals surface area contributed by atoms with Crippen molar-refractivity contribution in [2.75, 3.05) is 0 Å². The van der Waals surface area contributed by atoms with Crippen molar-refractivity contribution in [2.24, 2.45) is 5.92 Å². The number of hydrogen-bond donors (Lipinski definition) is 1. The van der Waals surface area contributed by atoms with Gasteiger partial charge in [0.1, 0.15) is 0 Å². The monoisotopic (exact) mass is 479 g/mol. The highest BCUT2D eigenvalue weighted by molar-refractivity contribution is 6.01. The summed E-state index contributed by atoms with van der Waals surface area (Å²) in [5, 5.41) is 24.4. The maximum Gasteiger partial charge on any atom is 0.335 e. The summed E-state index contributed by atoms with van der Waals surface area (Å²) >= 11 is 0. The van der Waals surface area contributed by atoms with Gasteiger partial charge in [0, 0.05) is 29.1 Å². The van der Waals surface area contributed by atoms with Crippen LogP contribution in [0.15, 0.2) is 42.5 Å². The van der Waals surface area contributed by atoms with Crippen molar-refractivity contribution in [3.05, 3.63) is 65.0 Å². The Labute approximate surface area is 209 Å². The molecule has 2 saturated carbocycles. The number of aromatic carboxylic acids is 1. The van der Waals surface area contributed by atoms with E-state index in [4.69, 9.17) is 5.10 Å². The van der Waals surface area contributed by atoms with Crippen LogP contribution in [-0.4, -0.2) is 35.9 Å². The molecule has 0 spiro atoms. The number of nitrogens with zero attached hydrogens (tertiary/aromatic N) is 5. The van der Waals surface area contributed by atoms with Crippen LogP contribution in [0.5, 0.6) is 0 Å². The quantitative estimate of drug-likeness (QED) is 0.379. The molecule has 4 aromatic rings. The van der Waals surface area contributed by atoms with Gasteiger partial charge >= 0.3 is 5.97 Å². The molecule has 0 bridgehead atoms. The van der Waals surface area contributed by atoms with Gasteiger partial charge in [0.15, 0.2) is 0 Å². The fourth-order valence-electron chi connectivity index (χ4n) is 6.11. The Bertz CT molecular complexity index is 1520. The molecule has 0 amide bonds. The topological polar surface area (TPSA) is 85.8 Å². The van der Waals surface area contributed by atoms with Crippen molar-refractivity contribution in [3.8, 4) is 11.3 Å². The maximum atomic E-state index is 11.9. The average Bonchev–Trinajstić information content (AvgIpc) is 3.54. The molecule has 36 heavy (non-hydrogen) atoms. The lowest BCUT2D eigenvalue weighted by Gasteiger charge is -2.23. The fourth-order valence-corrected chi connectivity index (χ4v) is 6.11.